The van der Waals surface area contributed by atoms with Crippen LogP contribution in [0.25, 0.3) is 0 Å². The quantitative estimate of drug-likeness (QED) is 0.0391. The Morgan fingerprint density at radius 1 is 0.793 bits per heavy atom. The van der Waals surface area contributed by atoms with Crippen molar-refractivity contribution in [1.29, 1.82) is 0 Å². The number of carbonyl (C=O) groups is 5. The molecule has 0 aromatic heterocycles. The highest BCUT2D eigenvalue weighted by Gasteiger charge is 2.77. The summed E-state index contributed by atoms with van der Waals surface area (Å²) >= 11 is 21.1. The third kappa shape index (κ3) is 5.33. The molecule has 4 aromatic rings. The van der Waals surface area contributed by atoms with Gasteiger partial charge in [-0.15, -0.1) is 23.2 Å². The van der Waals surface area contributed by atoms with E-state index < -0.39 is 104 Å². The van der Waals surface area contributed by atoms with Crippen LogP contribution in [0.1, 0.15) is 40.2 Å². The normalized spacial score (nSPS) is 26.4. The van der Waals surface area contributed by atoms with Gasteiger partial charge in [-0.3, -0.25) is 28.9 Å². The molecular formula is C40H23Br2Cl2F5N2O7. The van der Waals surface area contributed by atoms with Gasteiger partial charge in [-0.25, -0.2) is 26.9 Å². The van der Waals surface area contributed by atoms with E-state index >= 15 is 8.78 Å². The van der Waals surface area contributed by atoms with Gasteiger partial charge in [-0.2, -0.15) is 0 Å². The Balaban J connectivity index is 1.27. The first-order chi connectivity index (χ1) is 27.4. The molecule has 0 radical (unpaired) electrons. The van der Waals surface area contributed by atoms with Crippen molar-refractivity contribution in [2.24, 2.45) is 17.8 Å². The SMILES string of the molecule is COc1cc([C@H]2C3=CC[C@@H]4C(=O)N(c5ccc(C(=O)c6ccccc6)cc5)C(=O)[C@@H]4[C@@H]3C[C@@]3(Cl)C(=O)N(c4c(F)c(F)c(F)c(F)c4F)C(=O)[C@@]23Cl)c(Br)c(Br)c1O. The number of imide groups is 2. The zero-order chi connectivity index (χ0) is 41.9. The van der Waals surface area contributed by atoms with Gasteiger partial charge in [0.25, 0.3) is 11.8 Å². The second-order valence-electron chi connectivity index (χ2n) is 14.1. The zero-order valence-corrected chi connectivity index (χ0v) is 34.0. The first-order valence-corrected chi connectivity index (χ1v) is 19.6. The van der Waals surface area contributed by atoms with Gasteiger partial charge in [0.15, 0.2) is 50.3 Å². The molecule has 298 valence electrons. The number of anilines is 2. The summed E-state index contributed by atoms with van der Waals surface area (Å²) in [7, 11) is 1.20. The number of hydrogen-bond acceptors (Lipinski definition) is 7. The molecule has 1 N–H and O–H groups in total. The van der Waals surface area contributed by atoms with Crippen molar-refractivity contribution in [1.82, 2.24) is 0 Å². The average molecular weight is 969 g/mol. The number of alkyl halides is 2. The second kappa shape index (κ2) is 14.0. The number of phenols is 1. The van der Waals surface area contributed by atoms with Crippen LogP contribution in [0.3, 0.4) is 0 Å². The monoisotopic (exact) mass is 966 g/mol. The van der Waals surface area contributed by atoms with Gasteiger partial charge in [-0.05, 0) is 86.5 Å². The smallest absolute Gasteiger partial charge is 0.258 e. The Morgan fingerprint density at radius 3 is 1.98 bits per heavy atom. The molecule has 3 fully saturated rings. The highest BCUT2D eigenvalue weighted by molar-refractivity contribution is 9.13. The predicted octanol–water partition coefficient (Wildman–Crippen LogP) is 8.62. The molecule has 4 aromatic carbocycles. The molecule has 58 heavy (non-hydrogen) atoms. The molecule has 9 nitrogen and oxygen atoms in total. The van der Waals surface area contributed by atoms with Crippen LogP contribution in [-0.2, 0) is 19.2 Å². The number of carbonyl (C=O) groups excluding carboxylic acids is 5. The Bertz CT molecular complexity index is 2550. The van der Waals surface area contributed by atoms with Crippen molar-refractivity contribution in [3.05, 3.63) is 127 Å². The number of halogens is 9. The first-order valence-electron chi connectivity index (χ1n) is 17.2. The number of ether oxygens (including phenoxy) is 1. The van der Waals surface area contributed by atoms with E-state index in [-0.39, 0.29) is 54.2 Å². The molecule has 18 heteroatoms. The minimum absolute atomic E-state index is 0.0105. The summed E-state index contributed by atoms with van der Waals surface area (Å²) in [6.07, 6.45) is 0.702. The van der Waals surface area contributed by atoms with E-state index in [2.05, 4.69) is 31.9 Å². The maximum Gasteiger partial charge on any atom is 0.258 e. The van der Waals surface area contributed by atoms with E-state index in [9.17, 15) is 42.3 Å². The van der Waals surface area contributed by atoms with E-state index in [1.54, 1.807) is 30.3 Å². The van der Waals surface area contributed by atoms with Gasteiger partial charge in [0.05, 0.1) is 29.1 Å². The number of allylic oxidation sites excluding steroid dienone is 2. The summed E-state index contributed by atoms with van der Waals surface area (Å²) in [5.74, 6) is -23.3. The standard InChI is InChI=1S/C40H23Br2Cl2F5N2O7/c1-58-22-13-20(25(41)26(42)34(22)53)24-18-11-12-19-23(36(55)50(35(19)54)17-9-7-16(8-10-17)33(52)15-5-3-2-4-6-15)21(18)14-39(43)37(56)51(38(57)40(24,39)44)32-30(48)28(46)27(45)29(47)31(32)49/h2-11,13,19,21,23-24,53H,12,14H2,1H3/t19-,21+,23-,24+,39+,40-/m0/s1. The van der Waals surface area contributed by atoms with Crippen molar-refractivity contribution in [2.45, 2.75) is 28.5 Å². The van der Waals surface area contributed by atoms with E-state index in [0.717, 1.165) is 4.90 Å². The molecule has 2 aliphatic heterocycles. The van der Waals surface area contributed by atoms with Gasteiger partial charge < -0.3 is 9.84 Å². The summed E-state index contributed by atoms with van der Waals surface area (Å²) in [5, 5.41) is 10.8. The van der Waals surface area contributed by atoms with Crippen LogP contribution in [0.5, 0.6) is 11.5 Å². The van der Waals surface area contributed by atoms with Crippen molar-refractivity contribution < 1.29 is 55.8 Å². The molecule has 4 amide bonds. The predicted molar refractivity (Wildman–Crippen MR) is 205 cm³/mol. The third-order valence-corrected chi connectivity index (χ3v) is 14.9. The number of ketones is 1. The molecule has 1 saturated carbocycles. The van der Waals surface area contributed by atoms with Crippen LogP contribution in [0.15, 0.2) is 81.3 Å². The Kier molecular flexibility index (Phi) is 9.69. The molecule has 8 rings (SSSR count). The van der Waals surface area contributed by atoms with Crippen molar-refractivity contribution in [2.75, 3.05) is 16.9 Å². The number of benzene rings is 4. The number of fused-ring (bicyclic) bond motifs is 4. The van der Waals surface area contributed by atoms with Gasteiger partial charge in [-0.1, -0.05) is 42.0 Å². The fourth-order valence-corrected chi connectivity index (χ4v) is 10.5. The first kappa shape index (κ1) is 40.2. The minimum Gasteiger partial charge on any atom is -0.503 e. The minimum atomic E-state index is -2.81. The average Bonchev–Trinajstić information content (AvgIpc) is 3.56. The molecule has 2 aliphatic carbocycles. The zero-order valence-electron chi connectivity index (χ0n) is 29.3. The molecule has 4 aliphatic rings. The van der Waals surface area contributed by atoms with E-state index in [4.69, 9.17) is 27.9 Å². The second-order valence-corrected chi connectivity index (χ2v) is 16.9. The van der Waals surface area contributed by atoms with Gasteiger partial charge >= 0.3 is 0 Å². The Labute approximate surface area is 351 Å². The van der Waals surface area contributed by atoms with Gasteiger partial charge in [0.1, 0.15) is 5.69 Å². The number of aromatic hydroxyl groups is 1. The Hall–Kier alpha value is -4.64. The number of nitrogens with zero attached hydrogens (tertiary/aromatic N) is 2. The summed E-state index contributed by atoms with van der Waals surface area (Å²) in [4.78, 5) is 65.9. The number of methoxy groups -OCH3 is 1. The lowest BCUT2D eigenvalue weighted by Gasteiger charge is -2.51. The molecule has 0 bridgehead atoms. The van der Waals surface area contributed by atoms with E-state index in [0.29, 0.717) is 5.56 Å². The van der Waals surface area contributed by atoms with E-state index in [1.165, 1.54) is 43.5 Å². The lowest BCUT2D eigenvalue weighted by atomic mass is 9.56. The fourth-order valence-electron chi connectivity index (χ4n) is 8.66. The number of hydrogen-bond donors (Lipinski definition) is 1. The van der Waals surface area contributed by atoms with Gasteiger partial charge in [0.2, 0.25) is 17.6 Å². The molecule has 2 heterocycles. The van der Waals surface area contributed by atoms with Crippen LogP contribution < -0.4 is 14.5 Å². The van der Waals surface area contributed by atoms with Crippen molar-refractivity contribution in [3.8, 4) is 11.5 Å². The van der Waals surface area contributed by atoms with Crippen LogP contribution in [0.4, 0.5) is 33.3 Å². The van der Waals surface area contributed by atoms with Crippen LogP contribution >= 0.6 is 55.1 Å². The molecule has 2 saturated heterocycles. The highest BCUT2D eigenvalue weighted by atomic mass is 79.9. The molecular weight excluding hydrogens is 946 g/mol. The molecule has 0 unspecified atom stereocenters. The highest BCUT2D eigenvalue weighted by Crippen LogP contribution is 2.67. The maximum atomic E-state index is 15.4. The Morgan fingerprint density at radius 2 is 1.38 bits per heavy atom. The summed E-state index contributed by atoms with van der Waals surface area (Å²) in [6.45, 7) is 0. The van der Waals surface area contributed by atoms with Crippen LogP contribution in [-0.4, -0.2) is 51.4 Å². The van der Waals surface area contributed by atoms with Crippen molar-refractivity contribution in [3.63, 3.8) is 0 Å². The summed E-state index contributed by atoms with van der Waals surface area (Å²) in [5.41, 5.74) is -0.935. The molecule has 6 atom stereocenters. The summed E-state index contributed by atoms with van der Waals surface area (Å²) in [6, 6.07) is 15.4. The number of phenolic OH excluding ortho intramolecular Hbond substituents is 1. The molecule has 0 spiro atoms. The number of rotatable bonds is 6. The van der Waals surface area contributed by atoms with Crippen LogP contribution in [0.2, 0.25) is 0 Å². The van der Waals surface area contributed by atoms with Crippen molar-refractivity contribution >= 4 is 95.8 Å². The van der Waals surface area contributed by atoms with Gasteiger partial charge in [0, 0.05) is 21.5 Å². The lowest BCUT2D eigenvalue weighted by Crippen LogP contribution is -2.60. The maximum absolute atomic E-state index is 15.4. The lowest BCUT2D eigenvalue weighted by molar-refractivity contribution is -0.125. The largest absolute Gasteiger partial charge is 0.503 e. The third-order valence-electron chi connectivity index (χ3n) is 11.4. The van der Waals surface area contributed by atoms with Crippen LogP contribution in [0, 0.1) is 46.8 Å². The summed E-state index contributed by atoms with van der Waals surface area (Å²) < 4.78 is 79.5. The fraction of sp³-hybridized carbons (Fsp3) is 0.225. The van der Waals surface area contributed by atoms with E-state index in [1.807, 2.05) is 0 Å². The topological polar surface area (TPSA) is 121 Å². The number of amides is 4.